The lowest BCUT2D eigenvalue weighted by Crippen LogP contribution is -2.22. The normalized spacial score (nSPS) is 11.0. The zero-order valence-corrected chi connectivity index (χ0v) is 17.3. The van der Waals surface area contributed by atoms with E-state index in [-0.39, 0.29) is 11.7 Å². The van der Waals surface area contributed by atoms with Gasteiger partial charge in [-0.1, -0.05) is 17.7 Å². The van der Waals surface area contributed by atoms with Gasteiger partial charge in [-0.15, -0.1) is 11.3 Å². The summed E-state index contributed by atoms with van der Waals surface area (Å²) in [5.74, 6) is -0.255. The van der Waals surface area contributed by atoms with Crippen LogP contribution in [0.25, 0.3) is 6.08 Å². The molecule has 28 heavy (non-hydrogen) atoms. The van der Waals surface area contributed by atoms with Gasteiger partial charge in [0, 0.05) is 22.9 Å². The second-order valence-electron chi connectivity index (χ2n) is 6.38. The van der Waals surface area contributed by atoms with Gasteiger partial charge in [0.15, 0.2) is 10.9 Å². The molecule has 0 aliphatic carbocycles. The van der Waals surface area contributed by atoms with Crippen molar-refractivity contribution < 1.29 is 9.59 Å². The molecule has 0 saturated carbocycles. The van der Waals surface area contributed by atoms with Crippen LogP contribution in [0.15, 0.2) is 53.9 Å². The Morgan fingerprint density at radius 3 is 2.43 bits per heavy atom. The highest BCUT2D eigenvalue weighted by Gasteiger charge is 2.18. The molecule has 1 heterocycles. The molecular weight excluding hydrogens is 392 g/mol. The minimum absolute atomic E-state index is 0.120. The summed E-state index contributed by atoms with van der Waals surface area (Å²) < 4.78 is 0. The number of halogens is 1. The molecule has 0 atom stereocenters. The molecule has 4 nitrogen and oxygen atoms in total. The summed E-state index contributed by atoms with van der Waals surface area (Å²) >= 11 is 7.20. The van der Waals surface area contributed by atoms with Crippen molar-refractivity contribution in [1.29, 1.82) is 0 Å². The second kappa shape index (κ2) is 8.50. The highest BCUT2D eigenvalue weighted by Crippen LogP contribution is 2.30. The lowest BCUT2D eigenvalue weighted by molar-refractivity contribution is -0.115. The molecule has 1 amide bonds. The molecule has 0 bridgehead atoms. The predicted molar refractivity (Wildman–Crippen MR) is 116 cm³/mol. The molecule has 0 radical (unpaired) electrons. The van der Waals surface area contributed by atoms with Crippen LogP contribution in [0.1, 0.15) is 34.1 Å². The van der Waals surface area contributed by atoms with Gasteiger partial charge in [-0.25, -0.2) is 4.98 Å². The first kappa shape index (κ1) is 20.0. The highest BCUT2D eigenvalue weighted by molar-refractivity contribution is 7.14. The van der Waals surface area contributed by atoms with Crippen LogP contribution in [0, 0.1) is 13.8 Å². The maximum Gasteiger partial charge on any atom is 0.230 e. The highest BCUT2D eigenvalue weighted by atomic mass is 35.5. The van der Waals surface area contributed by atoms with Crippen molar-refractivity contribution in [2.75, 3.05) is 4.90 Å². The lowest BCUT2D eigenvalue weighted by atomic mass is 10.1. The molecule has 0 aliphatic rings. The average molecular weight is 411 g/mol. The Morgan fingerprint density at radius 2 is 1.79 bits per heavy atom. The van der Waals surface area contributed by atoms with Crippen LogP contribution >= 0.6 is 22.9 Å². The summed E-state index contributed by atoms with van der Waals surface area (Å²) in [6.07, 6.45) is 3.12. The van der Waals surface area contributed by atoms with Crippen LogP contribution in [0.5, 0.6) is 0 Å². The smallest absolute Gasteiger partial charge is 0.230 e. The fourth-order valence-electron chi connectivity index (χ4n) is 2.62. The molecular formula is C22H19ClN2O2S. The standard InChI is InChI=1S/C22H19ClN2O2S/c1-14-4-10-20(12-15(14)2)25(16(3)26)22-24-19(13-28-22)9-11-21(27)17-5-7-18(23)8-6-17/h4-13H,1-3H3. The van der Waals surface area contributed by atoms with Gasteiger partial charge in [0.25, 0.3) is 0 Å². The van der Waals surface area contributed by atoms with Crippen molar-refractivity contribution in [2.45, 2.75) is 20.8 Å². The van der Waals surface area contributed by atoms with E-state index in [2.05, 4.69) is 4.98 Å². The van der Waals surface area contributed by atoms with E-state index in [4.69, 9.17) is 11.6 Å². The van der Waals surface area contributed by atoms with Crippen molar-refractivity contribution in [1.82, 2.24) is 4.98 Å². The van der Waals surface area contributed by atoms with Gasteiger partial charge in [0.2, 0.25) is 5.91 Å². The maximum absolute atomic E-state index is 12.3. The Bertz CT molecular complexity index is 1050. The van der Waals surface area contributed by atoms with E-state index in [1.807, 2.05) is 37.4 Å². The van der Waals surface area contributed by atoms with Crippen LogP contribution in [0.2, 0.25) is 5.02 Å². The number of thiazole rings is 1. The number of hydrogen-bond acceptors (Lipinski definition) is 4. The van der Waals surface area contributed by atoms with E-state index < -0.39 is 0 Å². The van der Waals surface area contributed by atoms with Gasteiger partial charge < -0.3 is 0 Å². The SMILES string of the molecule is CC(=O)N(c1ccc(C)c(C)c1)c1nc(C=CC(=O)c2ccc(Cl)cc2)cs1. The zero-order valence-electron chi connectivity index (χ0n) is 15.8. The third-order valence-corrected chi connectivity index (χ3v) is 5.39. The van der Waals surface area contributed by atoms with E-state index in [1.165, 1.54) is 24.3 Å². The monoisotopic (exact) mass is 410 g/mol. The lowest BCUT2D eigenvalue weighted by Gasteiger charge is -2.19. The van der Waals surface area contributed by atoms with Crippen LogP contribution in [-0.4, -0.2) is 16.7 Å². The van der Waals surface area contributed by atoms with Gasteiger partial charge in [0.05, 0.1) is 11.4 Å². The fourth-order valence-corrected chi connectivity index (χ4v) is 3.60. The average Bonchev–Trinajstić information content (AvgIpc) is 3.11. The van der Waals surface area contributed by atoms with Crippen LogP contribution in [-0.2, 0) is 4.79 Å². The molecule has 0 fully saturated rings. The first-order chi connectivity index (χ1) is 13.3. The van der Waals surface area contributed by atoms with Crippen LogP contribution in [0.3, 0.4) is 0 Å². The molecule has 0 unspecified atom stereocenters. The molecule has 0 spiro atoms. The largest absolute Gasteiger partial charge is 0.289 e. The Morgan fingerprint density at radius 1 is 1.07 bits per heavy atom. The summed E-state index contributed by atoms with van der Waals surface area (Å²) in [4.78, 5) is 30.6. The molecule has 6 heteroatoms. The van der Waals surface area contributed by atoms with Crippen molar-refractivity contribution >= 4 is 51.5 Å². The van der Waals surface area contributed by atoms with E-state index in [1.54, 1.807) is 35.2 Å². The first-order valence-electron chi connectivity index (χ1n) is 8.66. The van der Waals surface area contributed by atoms with Crippen molar-refractivity contribution in [3.05, 3.63) is 81.3 Å². The maximum atomic E-state index is 12.3. The zero-order chi connectivity index (χ0) is 20.3. The molecule has 0 aliphatic heterocycles. The number of rotatable bonds is 5. The number of allylic oxidation sites excluding steroid dienone is 1. The van der Waals surface area contributed by atoms with E-state index in [0.29, 0.717) is 21.4 Å². The van der Waals surface area contributed by atoms with Crippen molar-refractivity contribution in [3.8, 4) is 0 Å². The Kier molecular flexibility index (Phi) is 6.07. The summed E-state index contributed by atoms with van der Waals surface area (Å²) in [6, 6.07) is 12.6. The minimum Gasteiger partial charge on any atom is -0.289 e. The number of benzene rings is 2. The number of aryl methyl sites for hydroxylation is 2. The molecule has 0 N–H and O–H groups in total. The van der Waals surface area contributed by atoms with Crippen LogP contribution in [0.4, 0.5) is 10.8 Å². The van der Waals surface area contributed by atoms with E-state index in [9.17, 15) is 9.59 Å². The van der Waals surface area contributed by atoms with Gasteiger partial charge in [0.1, 0.15) is 0 Å². The molecule has 3 rings (SSSR count). The Labute approximate surface area is 173 Å². The van der Waals surface area contributed by atoms with E-state index >= 15 is 0 Å². The molecule has 1 aromatic heterocycles. The summed E-state index contributed by atoms with van der Waals surface area (Å²) in [7, 11) is 0. The third-order valence-electron chi connectivity index (χ3n) is 4.30. The Balaban J connectivity index is 1.82. The number of carbonyl (C=O) groups excluding carboxylic acids is 2. The Hall–Kier alpha value is -2.76. The first-order valence-corrected chi connectivity index (χ1v) is 9.92. The van der Waals surface area contributed by atoms with Crippen LogP contribution < -0.4 is 4.90 Å². The van der Waals surface area contributed by atoms with Crippen molar-refractivity contribution in [3.63, 3.8) is 0 Å². The fraction of sp³-hybridized carbons (Fsp3) is 0.136. The number of carbonyl (C=O) groups is 2. The third kappa shape index (κ3) is 4.55. The topological polar surface area (TPSA) is 50.3 Å². The van der Waals surface area contributed by atoms with Gasteiger partial charge in [-0.05, 0) is 73.5 Å². The van der Waals surface area contributed by atoms with Gasteiger partial charge in [-0.2, -0.15) is 0 Å². The van der Waals surface area contributed by atoms with Crippen molar-refractivity contribution in [2.24, 2.45) is 0 Å². The molecule has 2 aromatic carbocycles. The number of nitrogens with zero attached hydrogens (tertiary/aromatic N) is 2. The van der Waals surface area contributed by atoms with E-state index in [0.717, 1.165) is 16.8 Å². The summed E-state index contributed by atoms with van der Waals surface area (Å²) in [5, 5.41) is 2.97. The predicted octanol–water partition coefficient (Wildman–Crippen LogP) is 5.99. The number of hydrogen-bond donors (Lipinski definition) is 0. The second-order valence-corrected chi connectivity index (χ2v) is 7.66. The number of ketones is 1. The molecule has 0 saturated heterocycles. The quantitative estimate of drug-likeness (QED) is 0.383. The molecule has 3 aromatic rings. The number of aromatic nitrogens is 1. The van der Waals surface area contributed by atoms with Gasteiger partial charge >= 0.3 is 0 Å². The summed E-state index contributed by atoms with van der Waals surface area (Å²) in [5.41, 5.74) is 4.22. The molecule has 142 valence electrons. The number of amides is 1. The number of anilines is 2. The van der Waals surface area contributed by atoms with Gasteiger partial charge in [-0.3, -0.25) is 14.5 Å². The summed E-state index contributed by atoms with van der Waals surface area (Å²) in [6.45, 7) is 5.55. The minimum atomic E-state index is -0.135.